The highest BCUT2D eigenvalue weighted by Crippen LogP contribution is 2.41. The molecule has 4 heteroatoms. The van der Waals surface area contributed by atoms with E-state index >= 15 is 0 Å². The van der Waals surface area contributed by atoms with Crippen molar-refractivity contribution >= 4 is 38.1 Å². The van der Waals surface area contributed by atoms with E-state index in [4.69, 9.17) is 4.74 Å². The molecule has 1 unspecified atom stereocenters. The van der Waals surface area contributed by atoms with Gasteiger partial charge in [-0.1, -0.05) is 77.5 Å². The molecule has 0 saturated carbocycles. The van der Waals surface area contributed by atoms with Crippen molar-refractivity contribution in [1.29, 1.82) is 0 Å². The lowest BCUT2D eigenvalue weighted by atomic mass is 9.91. The molecule has 1 aliphatic heterocycles. The summed E-state index contributed by atoms with van der Waals surface area (Å²) < 4.78 is 7.13. The molecule has 136 valence electrons. The third-order valence-corrected chi connectivity index (χ3v) is 5.76. The monoisotopic (exact) mass is 421 g/mol. The molecule has 27 heavy (non-hydrogen) atoms. The maximum atomic E-state index is 13.5. The molecule has 1 aliphatic rings. The lowest BCUT2D eigenvalue weighted by Gasteiger charge is -2.14. The molecule has 0 fully saturated rings. The first kappa shape index (κ1) is 17.8. The number of fused-ring (bicyclic) bond motifs is 1. The summed E-state index contributed by atoms with van der Waals surface area (Å²) >= 11 is 3.61. The van der Waals surface area contributed by atoms with E-state index < -0.39 is 6.10 Å². The van der Waals surface area contributed by atoms with E-state index in [2.05, 4.69) is 40.3 Å². The van der Waals surface area contributed by atoms with Gasteiger partial charge in [-0.25, -0.2) is 0 Å². The highest BCUT2D eigenvalue weighted by Gasteiger charge is 2.38. The summed E-state index contributed by atoms with van der Waals surface area (Å²) in [5, 5.41) is 5.22. The Kier molecular flexibility index (Phi) is 4.75. The number of ketones is 1. The summed E-state index contributed by atoms with van der Waals surface area (Å²) in [7, 11) is 1.79. The summed E-state index contributed by atoms with van der Waals surface area (Å²) in [5.41, 5.74) is 3.54. The van der Waals surface area contributed by atoms with Crippen molar-refractivity contribution in [2.24, 2.45) is 0 Å². The van der Waals surface area contributed by atoms with Crippen molar-refractivity contribution in [3.05, 3.63) is 87.7 Å². The number of halogens is 1. The Labute approximate surface area is 167 Å². The number of nitrogens with one attached hydrogen (secondary N) is 1. The lowest BCUT2D eigenvalue weighted by Crippen LogP contribution is -2.11. The number of carbonyl (C=O) groups is 1. The minimum atomic E-state index is -0.641. The molecule has 0 aliphatic carbocycles. The van der Waals surface area contributed by atoms with Gasteiger partial charge >= 0.3 is 0 Å². The molecule has 3 aromatic rings. The van der Waals surface area contributed by atoms with Crippen LogP contribution in [-0.4, -0.2) is 12.8 Å². The van der Waals surface area contributed by atoms with Crippen molar-refractivity contribution < 1.29 is 9.53 Å². The third-order valence-electron chi connectivity index (χ3n) is 5.02. The van der Waals surface area contributed by atoms with Crippen LogP contribution in [0.3, 0.4) is 0 Å². The van der Waals surface area contributed by atoms with Crippen LogP contribution in [0.25, 0.3) is 16.3 Å². The van der Waals surface area contributed by atoms with Gasteiger partial charge in [0.2, 0.25) is 5.78 Å². The van der Waals surface area contributed by atoms with Crippen LogP contribution in [0, 0.1) is 0 Å². The van der Waals surface area contributed by atoms with Crippen molar-refractivity contribution in [2.75, 3.05) is 7.05 Å². The van der Waals surface area contributed by atoms with Crippen LogP contribution >= 0.6 is 15.9 Å². The molecule has 3 aromatic carbocycles. The van der Waals surface area contributed by atoms with E-state index in [1.165, 1.54) is 0 Å². The molecule has 3 nitrogen and oxygen atoms in total. The molecule has 0 saturated heterocycles. The van der Waals surface area contributed by atoms with Gasteiger partial charge in [0.15, 0.2) is 12.0 Å². The molecule has 1 heterocycles. The molecule has 0 spiro atoms. The fraction of sp³-hybridized carbons (Fsp3) is 0.174. The van der Waals surface area contributed by atoms with Crippen molar-refractivity contribution in [2.45, 2.75) is 19.4 Å². The Bertz CT molecular complexity index is 1070. The SMILES string of the molecule is CCc1c(Br)cccc1C1=C(NC)OC(c2cccc3ccccc23)C1=O. The number of rotatable bonds is 4. The third kappa shape index (κ3) is 2.94. The predicted molar refractivity (Wildman–Crippen MR) is 112 cm³/mol. The zero-order valence-electron chi connectivity index (χ0n) is 15.3. The molecule has 0 radical (unpaired) electrons. The van der Waals surface area contributed by atoms with E-state index in [0.717, 1.165) is 38.4 Å². The van der Waals surface area contributed by atoms with Gasteiger partial charge in [-0.2, -0.15) is 0 Å². The molecular formula is C23H20BrNO2. The van der Waals surface area contributed by atoms with E-state index in [1.54, 1.807) is 7.05 Å². The molecule has 1 atom stereocenters. The number of carbonyl (C=O) groups excluding carboxylic acids is 1. The number of Topliss-reactive ketones (excluding diaryl/α,β-unsaturated/α-hetero) is 1. The molecule has 0 bridgehead atoms. The summed E-state index contributed by atoms with van der Waals surface area (Å²) in [5.74, 6) is 0.522. The zero-order valence-corrected chi connectivity index (χ0v) is 16.8. The number of hydrogen-bond acceptors (Lipinski definition) is 3. The van der Waals surface area contributed by atoms with E-state index in [0.29, 0.717) is 11.5 Å². The fourth-order valence-corrected chi connectivity index (χ4v) is 4.39. The average Bonchev–Trinajstić information content (AvgIpc) is 3.03. The van der Waals surface area contributed by atoms with Gasteiger partial charge < -0.3 is 10.1 Å². The number of ether oxygens (including phenoxy) is 1. The highest BCUT2D eigenvalue weighted by atomic mass is 79.9. The van der Waals surface area contributed by atoms with Crippen LogP contribution in [-0.2, 0) is 16.0 Å². The fourth-order valence-electron chi connectivity index (χ4n) is 3.75. The Hall–Kier alpha value is -2.59. The molecule has 1 N–H and O–H groups in total. The second kappa shape index (κ2) is 7.20. The van der Waals surface area contributed by atoms with Crippen LogP contribution < -0.4 is 5.32 Å². The Morgan fingerprint density at radius 3 is 2.56 bits per heavy atom. The number of hydrogen-bond donors (Lipinski definition) is 1. The van der Waals surface area contributed by atoms with E-state index in [-0.39, 0.29) is 5.78 Å². The maximum Gasteiger partial charge on any atom is 0.213 e. The summed E-state index contributed by atoms with van der Waals surface area (Å²) in [6.07, 6.45) is 0.181. The summed E-state index contributed by atoms with van der Waals surface area (Å²) in [4.78, 5) is 13.5. The Balaban J connectivity index is 1.84. The second-order valence-corrected chi connectivity index (χ2v) is 7.36. The molecule has 4 rings (SSSR count). The van der Waals surface area contributed by atoms with Crippen LogP contribution in [0.15, 0.2) is 71.0 Å². The lowest BCUT2D eigenvalue weighted by molar-refractivity contribution is -0.120. The molecular weight excluding hydrogens is 402 g/mol. The molecule has 0 aromatic heterocycles. The first-order valence-corrected chi connectivity index (χ1v) is 9.83. The van der Waals surface area contributed by atoms with Crippen LogP contribution in [0.4, 0.5) is 0 Å². The normalized spacial score (nSPS) is 16.7. The van der Waals surface area contributed by atoms with Gasteiger partial charge in [0.1, 0.15) is 0 Å². The average molecular weight is 422 g/mol. The zero-order chi connectivity index (χ0) is 19.0. The Morgan fingerprint density at radius 2 is 1.78 bits per heavy atom. The first-order valence-electron chi connectivity index (χ1n) is 9.04. The van der Waals surface area contributed by atoms with Gasteiger partial charge in [-0.15, -0.1) is 0 Å². The minimum absolute atomic E-state index is 0.0106. The minimum Gasteiger partial charge on any atom is -0.462 e. The second-order valence-electron chi connectivity index (χ2n) is 6.50. The topological polar surface area (TPSA) is 38.3 Å². The Morgan fingerprint density at radius 1 is 1.04 bits per heavy atom. The van der Waals surface area contributed by atoms with Crippen LogP contribution in [0.2, 0.25) is 0 Å². The quantitative estimate of drug-likeness (QED) is 0.613. The predicted octanol–water partition coefficient (Wildman–Crippen LogP) is 5.39. The van der Waals surface area contributed by atoms with E-state index in [1.807, 2.05) is 48.5 Å². The van der Waals surface area contributed by atoms with Crippen LogP contribution in [0.5, 0.6) is 0 Å². The maximum absolute atomic E-state index is 13.5. The van der Waals surface area contributed by atoms with E-state index in [9.17, 15) is 4.79 Å². The van der Waals surface area contributed by atoms with Crippen molar-refractivity contribution in [3.63, 3.8) is 0 Å². The van der Waals surface area contributed by atoms with Gasteiger partial charge in [0.05, 0.1) is 5.57 Å². The molecule has 0 amide bonds. The summed E-state index contributed by atoms with van der Waals surface area (Å²) in [6.45, 7) is 2.09. The highest BCUT2D eigenvalue weighted by molar-refractivity contribution is 9.10. The van der Waals surface area contributed by atoms with Crippen molar-refractivity contribution in [3.8, 4) is 0 Å². The van der Waals surface area contributed by atoms with Gasteiger partial charge in [-0.3, -0.25) is 4.79 Å². The standard InChI is InChI=1S/C23H20BrNO2/c1-3-15-17(11-7-13-19(15)24)20-21(26)22(27-23(20)25-2)18-12-6-9-14-8-4-5-10-16(14)18/h4-13,22,25H,3H2,1-2H3. The first-order chi connectivity index (χ1) is 13.2. The van der Waals surface area contributed by atoms with Crippen LogP contribution in [0.1, 0.15) is 29.7 Å². The number of benzene rings is 3. The summed E-state index contributed by atoms with van der Waals surface area (Å²) in [6, 6.07) is 20.0. The van der Waals surface area contributed by atoms with Gasteiger partial charge in [0, 0.05) is 17.1 Å². The van der Waals surface area contributed by atoms with Crippen molar-refractivity contribution in [1.82, 2.24) is 5.32 Å². The van der Waals surface area contributed by atoms with Gasteiger partial charge in [-0.05, 0) is 34.4 Å². The smallest absolute Gasteiger partial charge is 0.213 e. The van der Waals surface area contributed by atoms with Gasteiger partial charge in [0.25, 0.3) is 0 Å². The largest absolute Gasteiger partial charge is 0.462 e.